The van der Waals surface area contributed by atoms with Crippen molar-refractivity contribution < 1.29 is 4.79 Å². The lowest BCUT2D eigenvalue weighted by atomic mass is 10.1. The average Bonchev–Trinajstić information content (AvgIpc) is 3.65. The normalized spacial score (nSPS) is 11.0. The van der Waals surface area contributed by atoms with Crippen LogP contribution >= 0.6 is 23.1 Å². The Morgan fingerprint density at radius 1 is 1.09 bits per heavy atom. The molecule has 0 spiro atoms. The maximum Gasteiger partial charge on any atom is 0.253 e. The fourth-order valence-electron chi connectivity index (χ4n) is 3.57. The van der Waals surface area contributed by atoms with E-state index < -0.39 is 0 Å². The molecule has 34 heavy (non-hydrogen) atoms. The lowest BCUT2D eigenvalue weighted by Gasteiger charge is -2.17. The third-order valence-electron chi connectivity index (χ3n) is 5.29. The maximum absolute atomic E-state index is 13.2. The number of nitrogens with zero attached hydrogens (tertiary/aromatic N) is 5. The fourth-order valence-corrected chi connectivity index (χ4v) is 5.05. The first-order chi connectivity index (χ1) is 16.7. The Balaban J connectivity index is 1.32. The van der Waals surface area contributed by atoms with E-state index >= 15 is 0 Å². The van der Waals surface area contributed by atoms with E-state index in [0.29, 0.717) is 12.1 Å². The number of amides is 1. The fraction of sp³-hybridized carbons (Fsp3) is 0.120. The molecule has 0 saturated heterocycles. The molecule has 0 saturated carbocycles. The van der Waals surface area contributed by atoms with E-state index in [-0.39, 0.29) is 5.91 Å². The minimum atomic E-state index is -0.0287. The van der Waals surface area contributed by atoms with Crippen molar-refractivity contribution in [3.8, 4) is 16.3 Å². The topological polar surface area (TPSA) is 79.7 Å². The second-order valence-electron chi connectivity index (χ2n) is 7.70. The van der Waals surface area contributed by atoms with E-state index in [2.05, 4.69) is 21.2 Å². The van der Waals surface area contributed by atoms with Gasteiger partial charge in [-0.2, -0.15) is 10.2 Å². The first-order valence-electron chi connectivity index (χ1n) is 10.7. The summed E-state index contributed by atoms with van der Waals surface area (Å²) in [5, 5.41) is 14.3. The summed E-state index contributed by atoms with van der Waals surface area (Å²) < 4.78 is 1.88. The minimum Gasteiger partial charge on any atom is -0.337 e. The minimum absolute atomic E-state index is 0.0287. The zero-order valence-corrected chi connectivity index (χ0v) is 20.1. The molecule has 0 atom stereocenters. The van der Waals surface area contributed by atoms with E-state index in [4.69, 9.17) is 5.10 Å². The van der Waals surface area contributed by atoms with Gasteiger partial charge in [-0.25, -0.2) is 9.67 Å². The zero-order valence-electron chi connectivity index (χ0n) is 18.5. The highest BCUT2D eigenvalue weighted by Gasteiger charge is 2.18. The quantitative estimate of drug-likeness (QED) is 0.302. The van der Waals surface area contributed by atoms with Gasteiger partial charge < -0.3 is 4.90 Å². The van der Waals surface area contributed by atoms with Crippen LogP contribution in [-0.2, 0) is 12.3 Å². The lowest BCUT2D eigenvalue weighted by Crippen LogP contribution is -2.26. The monoisotopic (exact) mass is 486 g/mol. The molecule has 0 fully saturated rings. The molecule has 5 aromatic rings. The summed E-state index contributed by atoms with van der Waals surface area (Å²) in [6, 6.07) is 21.8. The Bertz CT molecular complexity index is 1350. The van der Waals surface area contributed by atoms with E-state index in [1.807, 2.05) is 84.0 Å². The van der Waals surface area contributed by atoms with Crippen molar-refractivity contribution in [2.45, 2.75) is 17.5 Å². The summed E-state index contributed by atoms with van der Waals surface area (Å²) in [5.74, 6) is 0.724. The van der Waals surface area contributed by atoms with Gasteiger partial charge in [0.2, 0.25) is 0 Å². The van der Waals surface area contributed by atoms with E-state index in [9.17, 15) is 4.79 Å². The van der Waals surface area contributed by atoms with Crippen LogP contribution < -0.4 is 0 Å². The van der Waals surface area contributed by atoms with Gasteiger partial charge in [0.15, 0.2) is 5.16 Å². The molecule has 0 bridgehead atoms. The number of aromatic amines is 1. The second-order valence-corrected chi connectivity index (χ2v) is 9.61. The molecule has 3 aromatic heterocycles. The molecule has 0 aliphatic carbocycles. The highest BCUT2D eigenvalue weighted by molar-refractivity contribution is 7.98. The van der Waals surface area contributed by atoms with Crippen LogP contribution in [0.4, 0.5) is 0 Å². The van der Waals surface area contributed by atoms with Crippen LogP contribution in [0.1, 0.15) is 21.5 Å². The predicted molar refractivity (Wildman–Crippen MR) is 135 cm³/mol. The van der Waals surface area contributed by atoms with Crippen molar-refractivity contribution in [3.63, 3.8) is 0 Å². The third-order valence-corrected chi connectivity index (χ3v) is 7.11. The van der Waals surface area contributed by atoms with Crippen LogP contribution in [0, 0.1) is 0 Å². The molecule has 0 unspecified atom stereocenters. The predicted octanol–water partition coefficient (Wildman–Crippen LogP) is 5.28. The SMILES string of the molecule is CN(Cc1cn(-c2ccccc2)nc1-c1cccs1)C(=O)c1ccc(CSc2ncn[nH]2)cc1. The zero-order chi connectivity index (χ0) is 23.3. The molecule has 2 aromatic carbocycles. The van der Waals surface area contributed by atoms with Crippen LogP contribution in [0.3, 0.4) is 0 Å². The summed E-state index contributed by atoms with van der Waals surface area (Å²) in [7, 11) is 1.83. The summed E-state index contributed by atoms with van der Waals surface area (Å²) in [6.45, 7) is 0.460. The molecule has 0 aliphatic rings. The van der Waals surface area contributed by atoms with Crippen molar-refractivity contribution in [2.24, 2.45) is 0 Å². The Morgan fingerprint density at radius 3 is 2.62 bits per heavy atom. The van der Waals surface area contributed by atoms with Crippen LogP contribution in [0.5, 0.6) is 0 Å². The average molecular weight is 487 g/mol. The largest absolute Gasteiger partial charge is 0.337 e. The number of rotatable bonds is 8. The van der Waals surface area contributed by atoms with E-state index in [0.717, 1.165) is 38.3 Å². The number of benzene rings is 2. The maximum atomic E-state index is 13.2. The molecule has 170 valence electrons. The molecular weight excluding hydrogens is 464 g/mol. The van der Waals surface area contributed by atoms with Crippen LogP contribution in [-0.4, -0.2) is 42.8 Å². The molecule has 3 heterocycles. The molecular formula is C25H22N6OS2. The van der Waals surface area contributed by atoms with Crippen molar-refractivity contribution in [3.05, 3.63) is 101 Å². The van der Waals surface area contributed by atoms with Gasteiger partial charge in [-0.3, -0.25) is 9.89 Å². The van der Waals surface area contributed by atoms with Crippen LogP contribution in [0.15, 0.2) is 89.8 Å². The number of hydrogen-bond donors (Lipinski definition) is 1. The summed E-state index contributed by atoms with van der Waals surface area (Å²) in [4.78, 5) is 20.1. The van der Waals surface area contributed by atoms with Gasteiger partial charge in [0.1, 0.15) is 12.0 Å². The highest BCUT2D eigenvalue weighted by atomic mass is 32.2. The second kappa shape index (κ2) is 10.1. The summed E-state index contributed by atoms with van der Waals surface area (Å²) in [5.41, 5.74) is 4.66. The van der Waals surface area contributed by atoms with Gasteiger partial charge in [0, 0.05) is 36.7 Å². The molecule has 7 nitrogen and oxygen atoms in total. The highest BCUT2D eigenvalue weighted by Crippen LogP contribution is 2.29. The van der Waals surface area contributed by atoms with Crippen molar-refractivity contribution >= 4 is 29.0 Å². The van der Waals surface area contributed by atoms with Gasteiger partial charge in [-0.05, 0) is 41.3 Å². The first kappa shape index (κ1) is 22.1. The van der Waals surface area contributed by atoms with Crippen molar-refractivity contribution in [2.75, 3.05) is 7.05 Å². The smallest absolute Gasteiger partial charge is 0.253 e. The third kappa shape index (κ3) is 4.95. The Labute approximate surface area is 205 Å². The Morgan fingerprint density at radius 2 is 1.91 bits per heavy atom. The van der Waals surface area contributed by atoms with Crippen molar-refractivity contribution in [1.82, 2.24) is 29.9 Å². The van der Waals surface area contributed by atoms with Gasteiger partial charge in [0.05, 0.1) is 10.6 Å². The summed E-state index contributed by atoms with van der Waals surface area (Å²) in [6.07, 6.45) is 3.51. The van der Waals surface area contributed by atoms with E-state index in [1.54, 1.807) is 28.0 Å². The van der Waals surface area contributed by atoms with Gasteiger partial charge in [-0.15, -0.1) is 11.3 Å². The van der Waals surface area contributed by atoms with Crippen molar-refractivity contribution in [1.29, 1.82) is 0 Å². The lowest BCUT2D eigenvalue weighted by molar-refractivity contribution is 0.0785. The molecule has 9 heteroatoms. The molecule has 0 radical (unpaired) electrons. The number of carbonyl (C=O) groups excluding carboxylic acids is 1. The molecule has 1 amide bonds. The number of thiophene rings is 1. The number of para-hydroxylation sites is 1. The molecule has 5 rings (SSSR count). The first-order valence-corrected chi connectivity index (χ1v) is 12.5. The standard InChI is InChI=1S/C25H22N6OS2/c1-30(24(32)19-11-9-18(10-12-19)16-34-25-26-17-27-28-25)14-20-15-31(21-6-3-2-4-7-21)29-23(20)22-8-5-13-33-22/h2-13,15,17H,14,16H2,1H3,(H,26,27,28). The van der Waals surface area contributed by atoms with E-state index in [1.165, 1.54) is 6.33 Å². The number of aromatic nitrogens is 5. The van der Waals surface area contributed by atoms with Crippen LogP contribution in [0.25, 0.3) is 16.3 Å². The number of thioether (sulfide) groups is 1. The van der Waals surface area contributed by atoms with Gasteiger partial charge >= 0.3 is 0 Å². The number of carbonyl (C=O) groups is 1. The number of hydrogen-bond acceptors (Lipinski definition) is 6. The number of H-pyrrole nitrogens is 1. The molecule has 1 N–H and O–H groups in total. The number of nitrogens with one attached hydrogen (secondary N) is 1. The Kier molecular flexibility index (Phi) is 6.55. The van der Waals surface area contributed by atoms with Crippen LogP contribution in [0.2, 0.25) is 0 Å². The van der Waals surface area contributed by atoms with Gasteiger partial charge in [-0.1, -0.05) is 48.2 Å². The van der Waals surface area contributed by atoms with Gasteiger partial charge in [0.25, 0.3) is 5.91 Å². The summed E-state index contributed by atoms with van der Waals surface area (Å²) >= 11 is 3.21. The molecule has 0 aliphatic heterocycles. The Hall–Kier alpha value is -3.69.